The number of nitrogens with two attached hydrogens (primary N) is 1. The molecule has 1 aromatic carbocycles. The zero-order chi connectivity index (χ0) is 24.2. The van der Waals surface area contributed by atoms with Crippen LogP contribution in [-0.4, -0.2) is 48.1 Å². The molecule has 0 saturated carbocycles. The van der Waals surface area contributed by atoms with E-state index in [0.717, 1.165) is 41.7 Å². The molecule has 4 N–H and O–H groups in total. The predicted octanol–water partition coefficient (Wildman–Crippen LogP) is 2.86. The van der Waals surface area contributed by atoms with Gasteiger partial charge in [-0.2, -0.15) is 5.26 Å². The van der Waals surface area contributed by atoms with E-state index in [2.05, 4.69) is 26.6 Å². The van der Waals surface area contributed by atoms with Crippen LogP contribution in [0.5, 0.6) is 0 Å². The van der Waals surface area contributed by atoms with Crippen molar-refractivity contribution in [1.82, 2.24) is 15.6 Å². The van der Waals surface area contributed by atoms with E-state index < -0.39 is 5.54 Å². The summed E-state index contributed by atoms with van der Waals surface area (Å²) in [6, 6.07) is 10.3. The Morgan fingerprint density at radius 3 is 2.89 bits per heavy atom. The minimum atomic E-state index is -0.777. The Bertz CT molecular complexity index is 1320. The van der Waals surface area contributed by atoms with Crippen molar-refractivity contribution in [3.8, 4) is 6.07 Å². The first-order valence-electron chi connectivity index (χ1n) is 12.1. The highest BCUT2D eigenvalue weighted by atomic mass is 32.1. The third-order valence-electron chi connectivity index (χ3n) is 7.66. The van der Waals surface area contributed by atoms with Gasteiger partial charge in [0.2, 0.25) is 0 Å². The van der Waals surface area contributed by atoms with Gasteiger partial charge in [-0.15, -0.1) is 11.3 Å². The average molecular weight is 491 g/mol. The zero-order valence-corrected chi connectivity index (χ0v) is 20.1. The highest BCUT2D eigenvalue weighted by molar-refractivity contribution is 7.20. The maximum atomic E-state index is 15.4. The van der Waals surface area contributed by atoms with Gasteiger partial charge in [-0.05, 0) is 61.4 Å². The smallest absolute Gasteiger partial charge is 0.261 e. The summed E-state index contributed by atoms with van der Waals surface area (Å²) >= 11 is 1.34. The second-order valence-corrected chi connectivity index (χ2v) is 11.1. The molecule has 2 bridgehead atoms. The highest BCUT2D eigenvalue weighted by Gasteiger charge is 2.37. The molecule has 0 unspecified atom stereocenters. The summed E-state index contributed by atoms with van der Waals surface area (Å²) < 4.78 is 15.4. The standard InChI is InChI=1S/C26H27FN6OS/c27-21-9-22(33-12-16-3-4-17(13-33)32-16)20(11-28)18-5-6-26(29,10-19(18)21)14-31-24(34)23-8-15-2-1-7-30-25(15)35-23/h1-2,7-9,16-17,32H,3-6,10,12-14,29H2,(H,31,34)/t16-,17-,26-/m0/s1. The van der Waals surface area contributed by atoms with Crippen molar-refractivity contribution in [2.45, 2.75) is 49.7 Å². The number of halogens is 1. The number of rotatable bonds is 4. The first-order valence-corrected chi connectivity index (χ1v) is 12.9. The molecule has 2 aromatic heterocycles. The second-order valence-electron chi connectivity index (χ2n) is 10.1. The number of benzene rings is 1. The lowest BCUT2D eigenvalue weighted by atomic mass is 9.76. The van der Waals surface area contributed by atoms with E-state index in [4.69, 9.17) is 5.73 Å². The van der Waals surface area contributed by atoms with E-state index >= 15 is 4.39 Å². The number of hydrogen-bond acceptors (Lipinski definition) is 7. The molecule has 3 aromatic rings. The second kappa shape index (κ2) is 8.55. The van der Waals surface area contributed by atoms with E-state index in [9.17, 15) is 10.1 Å². The van der Waals surface area contributed by atoms with Crippen molar-refractivity contribution in [3.05, 3.63) is 57.8 Å². The van der Waals surface area contributed by atoms with E-state index in [1.807, 2.05) is 18.2 Å². The Labute approximate surface area is 207 Å². The van der Waals surface area contributed by atoms with E-state index in [-0.39, 0.29) is 24.7 Å². The number of nitrogens with zero attached hydrogens (tertiary/aromatic N) is 3. The van der Waals surface area contributed by atoms with Crippen LogP contribution in [0.15, 0.2) is 30.5 Å². The normalized spacial score (nSPS) is 25.3. The van der Waals surface area contributed by atoms with Crippen LogP contribution in [-0.2, 0) is 12.8 Å². The van der Waals surface area contributed by atoms with E-state index in [1.54, 1.807) is 6.20 Å². The number of nitrogens with one attached hydrogen (secondary N) is 2. The van der Waals surface area contributed by atoms with Crippen LogP contribution < -0.4 is 21.3 Å². The van der Waals surface area contributed by atoms with Gasteiger partial charge in [0, 0.05) is 48.8 Å². The molecule has 3 atom stereocenters. The fourth-order valence-corrected chi connectivity index (χ4v) is 6.78. The molecule has 6 rings (SSSR count). The summed E-state index contributed by atoms with van der Waals surface area (Å²) in [6.45, 7) is 1.82. The lowest BCUT2D eigenvalue weighted by molar-refractivity contribution is 0.0945. The van der Waals surface area contributed by atoms with Gasteiger partial charge in [0.1, 0.15) is 16.7 Å². The highest BCUT2D eigenvalue weighted by Crippen LogP contribution is 2.37. The lowest BCUT2D eigenvalue weighted by Crippen LogP contribution is -2.54. The molecule has 7 nitrogen and oxygen atoms in total. The molecule has 1 aliphatic carbocycles. The monoisotopic (exact) mass is 490 g/mol. The van der Waals surface area contributed by atoms with E-state index in [0.29, 0.717) is 46.6 Å². The van der Waals surface area contributed by atoms with Crippen molar-refractivity contribution in [2.75, 3.05) is 24.5 Å². The van der Waals surface area contributed by atoms with Crippen molar-refractivity contribution in [1.29, 1.82) is 5.26 Å². The van der Waals surface area contributed by atoms with Gasteiger partial charge in [0.25, 0.3) is 5.91 Å². The quantitative estimate of drug-likeness (QED) is 0.519. The van der Waals surface area contributed by atoms with Crippen molar-refractivity contribution in [2.24, 2.45) is 5.73 Å². The van der Waals surface area contributed by atoms with E-state index in [1.165, 1.54) is 17.4 Å². The number of piperazine rings is 1. The van der Waals surface area contributed by atoms with Crippen LogP contribution in [0.4, 0.5) is 10.1 Å². The van der Waals surface area contributed by atoms with Gasteiger partial charge in [0.15, 0.2) is 0 Å². The molecular weight excluding hydrogens is 463 g/mol. The molecular formula is C26H27FN6OS. The van der Waals surface area contributed by atoms with Gasteiger partial charge < -0.3 is 21.3 Å². The number of amides is 1. The Balaban J connectivity index is 1.21. The molecule has 35 heavy (non-hydrogen) atoms. The fraction of sp³-hybridized carbons (Fsp3) is 0.423. The van der Waals surface area contributed by atoms with Crippen molar-refractivity contribution >= 4 is 33.1 Å². The van der Waals surface area contributed by atoms with Crippen LogP contribution in [0.25, 0.3) is 10.2 Å². The molecule has 2 saturated heterocycles. The lowest BCUT2D eigenvalue weighted by Gasteiger charge is -2.38. The van der Waals surface area contributed by atoms with Gasteiger partial charge in [-0.1, -0.05) is 6.07 Å². The molecule has 2 fully saturated rings. The van der Waals surface area contributed by atoms with Crippen LogP contribution in [0, 0.1) is 17.1 Å². The van der Waals surface area contributed by atoms with Crippen LogP contribution >= 0.6 is 11.3 Å². The van der Waals surface area contributed by atoms with Crippen LogP contribution in [0.1, 0.15) is 45.6 Å². The molecule has 0 spiro atoms. The number of carbonyl (C=O) groups is 1. The Morgan fingerprint density at radius 1 is 1.34 bits per heavy atom. The molecule has 180 valence electrons. The number of nitriles is 1. The summed E-state index contributed by atoms with van der Waals surface area (Å²) in [5.74, 6) is -0.512. The number of pyridine rings is 1. The SMILES string of the molecule is N#Cc1c(N2C[C@@H]3CC[C@@H](C2)N3)cc(F)c2c1CC[C@@](N)(CNC(=O)c1cc3cccnc3s1)C2. The fourth-order valence-electron chi connectivity index (χ4n) is 5.86. The summed E-state index contributed by atoms with van der Waals surface area (Å²) in [7, 11) is 0. The molecule has 9 heteroatoms. The van der Waals surface area contributed by atoms with Crippen LogP contribution in [0.2, 0.25) is 0 Å². The third kappa shape index (κ3) is 4.05. The van der Waals surface area contributed by atoms with Crippen molar-refractivity contribution < 1.29 is 9.18 Å². The summed E-state index contributed by atoms with van der Waals surface area (Å²) in [4.78, 5) is 20.6. The Hall–Kier alpha value is -3.06. The zero-order valence-electron chi connectivity index (χ0n) is 19.3. The maximum Gasteiger partial charge on any atom is 0.261 e. The Kier molecular flexibility index (Phi) is 5.48. The molecule has 0 radical (unpaired) electrons. The van der Waals surface area contributed by atoms with Gasteiger partial charge in [0.05, 0.1) is 16.1 Å². The summed E-state index contributed by atoms with van der Waals surface area (Å²) in [5.41, 5.74) is 8.46. The van der Waals surface area contributed by atoms with Crippen LogP contribution in [0.3, 0.4) is 0 Å². The molecule has 3 aliphatic rings. The predicted molar refractivity (Wildman–Crippen MR) is 134 cm³/mol. The number of thiophene rings is 1. The molecule has 2 aliphatic heterocycles. The topological polar surface area (TPSA) is 107 Å². The Morgan fingerprint density at radius 2 is 2.14 bits per heavy atom. The van der Waals surface area contributed by atoms with Gasteiger partial charge in [-0.3, -0.25) is 4.79 Å². The largest absolute Gasteiger partial charge is 0.367 e. The molecule has 1 amide bonds. The first-order chi connectivity index (χ1) is 16.9. The number of aromatic nitrogens is 1. The summed E-state index contributed by atoms with van der Waals surface area (Å²) in [5, 5.41) is 17.5. The minimum Gasteiger partial charge on any atom is -0.367 e. The number of carbonyl (C=O) groups excluding carboxylic acids is 1. The number of anilines is 1. The summed E-state index contributed by atoms with van der Waals surface area (Å²) in [6.07, 6.45) is 5.31. The van der Waals surface area contributed by atoms with Gasteiger partial charge >= 0.3 is 0 Å². The van der Waals surface area contributed by atoms with Gasteiger partial charge in [-0.25, -0.2) is 9.37 Å². The molecule has 4 heterocycles. The third-order valence-corrected chi connectivity index (χ3v) is 8.72. The maximum absolute atomic E-state index is 15.4. The number of fused-ring (bicyclic) bond motifs is 4. The first kappa shape index (κ1) is 22.4. The average Bonchev–Trinajstić information content (AvgIpc) is 3.45. The minimum absolute atomic E-state index is 0.203. The number of hydrogen-bond donors (Lipinski definition) is 3. The van der Waals surface area contributed by atoms with Crippen molar-refractivity contribution in [3.63, 3.8) is 0 Å².